The Morgan fingerprint density at radius 1 is 1.25 bits per heavy atom. The van der Waals surface area contributed by atoms with Gasteiger partial charge in [0.05, 0.1) is 24.5 Å². The van der Waals surface area contributed by atoms with Gasteiger partial charge in [-0.25, -0.2) is 5.43 Å². The number of hydrogen-bond donors (Lipinski definition) is 1. The van der Waals surface area contributed by atoms with E-state index in [1.165, 1.54) is 17.7 Å². The van der Waals surface area contributed by atoms with Crippen LogP contribution in [0.1, 0.15) is 66.8 Å². The largest absolute Gasteiger partial charge is 0.490 e. The molecule has 0 unspecified atom stereocenters. The number of hydrogen-bond acceptors (Lipinski definition) is 5. The van der Waals surface area contributed by atoms with E-state index < -0.39 is 0 Å². The quantitative estimate of drug-likeness (QED) is 0.466. The van der Waals surface area contributed by atoms with E-state index in [0.29, 0.717) is 17.9 Å². The van der Waals surface area contributed by atoms with Crippen LogP contribution in [-0.4, -0.2) is 24.8 Å². The number of amides is 1. The van der Waals surface area contributed by atoms with Gasteiger partial charge in [0.2, 0.25) is 0 Å². The van der Waals surface area contributed by atoms with Crippen LogP contribution in [-0.2, 0) is 6.42 Å². The van der Waals surface area contributed by atoms with Gasteiger partial charge >= 0.3 is 0 Å². The van der Waals surface area contributed by atoms with Gasteiger partial charge in [-0.1, -0.05) is 13.3 Å². The first-order valence-corrected chi connectivity index (χ1v) is 10.9. The molecule has 0 radical (unpaired) electrons. The third-order valence-corrected chi connectivity index (χ3v) is 5.65. The molecule has 28 heavy (non-hydrogen) atoms. The van der Waals surface area contributed by atoms with Gasteiger partial charge in [0, 0.05) is 10.3 Å². The summed E-state index contributed by atoms with van der Waals surface area (Å²) >= 11 is 1.61. The van der Waals surface area contributed by atoms with Crippen LogP contribution >= 0.6 is 11.3 Å². The molecule has 3 rings (SSSR count). The van der Waals surface area contributed by atoms with Crippen molar-refractivity contribution >= 4 is 23.5 Å². The van der Waals surface area contributed by atoms with Crippen LogP contribution in [0.4, 0.5) is 0 Å². The average Bonchev–Trinajstić information content (AvgIpc) is 3.36. The molecule has 1 amide bonds. The second kappa shape index (κ2) is 10.3. The molecular formula is C22H28N2O3S. The van der Waals surface area contributed by atoms with Crippen molar-refractivity contribution in [3.8, 4) is 11.5 Å². The molecule has 0 atom stereocenters. The van der Waals surface area contributed by atoms with Gasteiger partial charge in [-0.05, 0) is 68.9 Å². The van der Waals surface area contributed by atoms with Gasteiger partial charge in [0.25, 0.3) is 5.91 Å². The monoisotopic (exact) mass is 400 g/mol. The second-order valence-corrected chi connectivity index (χ2v) is 7.91. The van der Waals surface area contributed by atoms with Crippen molar-refractivity contribution in [1.82, 2.24) is 5.43 Å². The van der Waals surface area contributed by atoms with Crippen LogP contribution in [0.5, 0.6) is 11.5 Å². The third kappa shape index (κ3) is 5.58. The highest BCUT2D eigenvalue weighted by Crippen LogP contribution is 2.32. The predicted molar refractivity (Wildman–Crippen MR) is 114 cm³/mol. The van der Waals surface area contributed by atoms with Crippen molar-refractivity contribution in [2.45, 2.75) is 58.5 Å². The molecule has 1 aromatic carbocycles. The molecule has 0 bridgehead atoms. The summed E-state index contributed by atoms with van der Waals surface area (Å²) < 4.78 is 11.8. The molecular weight excluding hydrogens is 372 g/mol. The van der Waals surface area contributed by atoms with Gasteiger partial charge in [-0.2, -0.15) is 5.10 Å². The molecule has 5 nitrogen and oxygen atoms in total. The SMILES string of the molecule is CCCc1cc(C(=O)N/N=C\c2ccc(OC3CCCC3)c(OCC)c2)cs1. The maximum absolute atomic E-state index is 12.2. The highest BCUT2D eigenvalue weighted by molar-refractivity contribution is 7.10. The fourth-order valence-corrected chi connectivity index (χ4v) is 4.23. The summed E-state index contributed by atoms with van der Waals surface area (Å²) in [7, 11) is 0. The summed E-state index contributed by atoms with van der Waals surface area (Å²) in [5.74, 6) is 1.30. The summed E-state index contributed by atoms with van der Waals surface area (Å²) in [6, 6.07) is 7.67. The van der Waals surface area contributed by atoms with Crippen molar-refractivity contribution < 1.29 is 14.3 Å². The van der Waals surface area contributed by atoms with Gasteiger partial charge in [0.15, 0.2) is 11.5 Å². The summed E-state index contributed by atoms with van der Waals surface area (Å²) in [5, 5.41) is 5.96. The van der Waals surface area contributed by atoms with Crippen LogP contribution in [0.25, 0.3) is 0 Å². The molecule has 0 saturated heterocycles. The maximum atomic E-state index is 12.2. The zero-order valence-electron chi connectivity index (χ0n) is 16.6. The summed E-state index contributed by atoms with van der Waals surface area (Å²) in [4.78, 5) is 13.4. The van der Waals surface area contributed by atoms with Crippen molar-refractivity contribution in [1.29, 1.82) is 0 Å². The van der Waals surface area contributed by atoms with Gasteiger partial charge in [-0.3, -0.25) is 4.79 Å². The number of aryl methyl sites for hydroxylation is 1. The Kier molecular flexibility index (Phi) is 7.48. The van der Waals surface area contributed by atoms with Crippen molar-refractivity contribution in [3.05, 3.63) is 45.6 Å². The Balaban J connectivity index is 1.62. The topological polar surface area (TPSA) is 59.9 Å². The van der Waals surface area contributed by atoms with E-state index in [4.69, 9.17) is 9.47 Å². The van der Waals surface area contributed by atoms with E-state index in [1.807, 2.05) is 36.6 Å². The second-order valence-electron chi connectivity index (χ2n) is 6.91. The number of nitrogens with one attached hydrogen (secondary N) is 1. The Labute approximate surface area is 170 Å². The average molecular weight is 401 g/mol. The number of hydrazone groups is 1. The van der Waals surface area contributed by atoms with Crippen LogP contribution in [0.3, 0.4) is 0 Å². The number of nitrogens with zero attached hydrogens (tertiary/aromatic N) is 1. The van der Waals surface area contributed by atoms with Gasteiger partial charge < -0.3 is 9.47 Å². The molecule has 1 aliphatic rings. The molecule has 1 heterocycles. The number of carbonyl (C=O) groups excluding carboxylic acids is 1. The Hall–Kier alpha value is -2.34. The van der Waals surface area contributed by atoms with Crippen molar-refractivity contribution in [3.63, 3.8) is 0 Å². The summed E-state index contributed by atoms with van der Waals surface area (Å²) in [6.45, 7) is 4.65. The summed E-state index contributed by atoms with van der Waals surface area (Å²) in [6.07, 6.45) is 8.62. The smallest absolute Gasteiger partial charge is 0.272 e. The van der Waals surface area contributed by atoms with E-state index in [0.717, 1.165) is 37.0 Å². The molecule has 6 heteroatoms. The predicted octanol–water partition coefficient (Wildman–Crippen LogP) is 5.18. The molecule has 1 aliphatic carbocycles. The lowest BCUT2D eigenvalue weighted by atomic mass is 10.2. The number of rotatable bonds is 9. The molecule has 1 saturated carbocycles. The van der Waals surface area contributed by atoms with Crippen LogP contribution in [0, 0.1) is 0 Å². The Morgan fingerprint density at radius 2 is 2.07 bits per heavy atom. The normalized spacial score (nSPS) is 14.5. The summed E-state index contributed by atoms with van der Waals surface area (Å²) in [5.41, 5.74) is 4.09. The first-order valence-electron chi connectivity index (χ1n) is 10.0. The molecule has 0 aliphatic heterocycles. The minimum Gasteiger partial charge on any atom is -0.490 e. The molecule has 0 spiro atoms. The standard InChI is InChI=1S/C22H28N2O3S/c1-3-7-19-13-17(15-28-19)22(25)24-23-14-16-10-11-20(21(12-16)26-4-2)27-18-8-5-6-9-18/h10-15,18H,3-9H2,1-2H3,(H,24,25)/b23-14-. The highest BCUT2D eigenvalue weighted by atomic mass is 32.1. The molecule has 1 fully saturated rings. The van der Waals surface area contributed by atoms with Gasteiger partial charge in [0.1, 0.15) is 0 Å². The molecule has 150 valence electrons. The van der Waals surface area contributed by atoms with Gasteiger partial charge in [-0.15, -0.1) is 11.3 Å². The first-order chi connectivity index (χ1) is 13.7. The lowest BCUT2D eigenvalue weighted by molar-refractivity contribution is 0.0955. The fraction of sp³-hybridized carbons (Fsp3) is 0.455. The number of ether oxygens (including phenoxy) is 2. The van der Waals surface area contributed by atoms with E-state index in [1.54, 1.807) is 17.6 Å². The zero-order chi connectivity index (χ0) is 19.8. The van der Waals surface area contributed by atoms with E-state index in [2.05, 4.69) is 17.5 Å². The number of thiophene rings is 1. The third-order valence-electron chi connectivity index (χ3n) is 4.66. The lowest BCUT2D eigenvalue weighted by Gasteiger charge is -2.16. The Bertz CT molecular complexity index is 810. The molecule has 2 aromatic rings. The molecule has 1 N–H and O–H groups in total. The minimum absolute atomic E-state index is 0.193. The van der Waals surface area contributed by atoms with E-state index in [9.17, 15) is 4.79 Å². The first kappa shape index (κ1) is 20.4. The molecule has 1 aromatic heterocycles. The number of carbonyl (C=O) groups is 1. The minimum atomic E-state index is -0.193. The lowest BCUT2D eigenvalue weighted by Crippen LogP contribution is -2.16. The number of benzene rings is 1. The van der Waals surface area contributed by atoms with Crippen molar-refractivity contribution in [2.75, 3.05) is 6.61 Å². The Morgan fingerprint density at radius 3 is 2.82 bits per heavy atom. The zero-order valence-corrected chi connectivity index (χ0v) is 17.4. The van der Waals surface area contributed by atoms with E-state index in [-0.39, 0.29) is 12.0 Å². The van der Waals surface area contributed by atoms with Crippen LogP contribution < -0.4 is 14.9 Å². The highest BCUT2D eigenvalue weighted by Gasteiger charge is 2.18. The van der Waals surface area contributed by atoms with E-state index >= 15 is 0 Å². The maximum Gasteiger partial charge on any atom is 0.272 e. The van der Waals surface area contributed by atoms with Crippen LogP contribution in [0.2, 0.25) is 0 Å². The van der Waals surface area contributed by atoms with Crippen LogP contribution in [0.15, 0.2) is 34.7 Å². The fourth-order valence-electron chi connectivity index (χ4n) is 3.26. The van der Waals surface area contributed by atoms with Crippen molar-refractivity contribution in [2.24, 2.45) is 5.10 Å².